The van der Waals surface area contributed by atoms with Gasteiger partial charge in [0.15, 0.2) is 0 Å². The Bertz CT molecular complexity index is 464. The summed E-state index contributed by atoms with van der Waals surface area (Å²) in [5.74, 6) is 1.50. The van der Waals surface area contributed by atoms with E-state index in [1.54, 1.807) is 0 Å². The summed E-state index contributed by atoms with van der Waals surface area (Å²) >= 11 is 6.38. The normalized spacial score (nSPS) is 25.6. The van der Waals surface area contributed by atoms with E-state index in [1.807, 2.05) is 0 Å². The lowest BCUT2D eigenvalue weighted by atomic mass is 9.89. The van der Waals surface area contributed by atoms with Crippen molar-refractivity contribution in [1.29, 1.82) is 0 Å². The van der Waals surface area contributed by atoms with Crippen LogP contribution in [0, 0.1) is 0 Å². The van der Waals surface area contributed by atoms with Crippen molar-refractivity contribution in [3.8, 4) is 5.75 Å². The van der Waals surface area contributed by atoms with Gasteiger partial charge in [0.25, 0.3) is 0 Å². The standard InChI is InChI=1S/C15H20ClNO/c1-15(2)8-12-6-11(7-13(16)14(12)18-15)10-4-3-5-17-9-10/h6-7,10,17H,3-5,8-9H2,1-2H3. The molecule has 1 fully saturated rings. The molecule has 0 aliphatic carbocycles. The zero-order chi connectivity index (χ0) is 12.8. The van der Waals surface area contributed by atoms with Crippen molar-refractivity contribution in [2.45, 2.75) is 44.6 Å². The fourth-order valence-corrected chi connectivity index (χ4v) is 3.35. The van der Waals surface area contributed by atoms with E-state index in [9.17, 15) is 0 Å². The van der Waals surface area contributed by atoms with Crippen LogP contribution in [-0.4, -0.2) is 18.7 Å². The highest BCUT2D eigenvalue weighted by atomic mass is 35.5. The molecule has 1 N–H and O–H groups in total. The predicted octanol–water partition coefficient (Wildman–Crippen LogP) is 3.52. The van der Waals surface area contributed by atoms with Crippen molar-refractivity contribution in [3.63, 3.8) is 0 Å². The Kier molecular flexibility index (Phi) is 3.03. The summed E-state index contributed by atoms with van der Waals surface area (Å²) < 4.78 is 5.92. The first-order valence-corrected chi connectivity index (χ1v) is 7.15. The third-order valence-electron chi connectivity index (χ3n) is 3.91. The number of rotatable bonds is 1. The molecule has 2 aliphatic rings. The van der Waals surface area contributed by atoms with Crippen molar-refractivity contribution in [2.75, 3.05) is 13.1 Å². The number of halogens is 1. The van der Waals surface area contributed by atoms with Crippen molar-refractivity contribution in [2.24, 2.45) is 0 Å². The number of piperidine rings is 1. The maximum Gasteiger partial charge on any atom is 0.142 e. The Labute approximate surface area is 114 Å². The molecule has 1 saturated heterocycles. The molecule has 0 bridgehead atoms. The second-order valence-electron chi connectivity index (χ2n) is 6.07. The van der Waals surface area contributed by atoms with Gasteiger partial charge in [-0.05, 0) is 56.3 Å². The molecule has 0 aromatic heterocycles. The lowest BCUT2D eigenvalue weighted by Gasteiger charge is -2.23. The molecule has 3 heteroatoms. The largest absolute Gasteiger partial charge is 0.486 e. The van der Waals surface area contributed by atoms with Crippen LogP contribution in [0.4, 0.5) is 0 Å². The highest BCUT2D eigenvalue weighted by Crippen LogP contribution is 2.42. The van der Waals surface area contributed by atoms with E-state index in [4.69, 9.17) is 16.3 Å². The van der Waals surface area contributed by atoms with Crippen LogP contribution in [0.5, 0.6) is 5.75 Å². The number of benzene rings is 1. The zero-order valence-corrected chi connectivity index (χ0v) is 11.8. The molecular weight excluding hydrogens is 246 g/mol. The van der Waals surface area contributed by atoms with Crippen LogP contribution in [0.2, 0.25) is 5.02 Å². The van der Waals surface area contributed by atoms with Gasteiger partial charge in [-0.2, -0.15) is 0 Å². The smallest absolute Gasteiger partial charge is 0.142 e. The minimum Gasteiger partial charge on any atom is -0.486 e. The van der Waals surface area contributed by atoms with E-state index in [1.165, 1.54) is 24.0 Å². The second kappa shape index (κ2) is 4.43. The van der Waals surface area contributed by atoms with Gasteiger partial charge in [0.2, 0.25) is 0 Å². The van der Waals surface area contributed by atoms with E-state index in [-0.39, 0.29) is 5.60 Å². The number of ether oxygens (including phenoxy) is 1. The Morgan fingerprint density at radius 2 is 2.22 bits per heavy atom. The number of fused-ring (bicyclic) bond motifs is 1. The van der Waals surface area contributed by atoms with Crippen LogP contribution < -0.4 is 10.1 Å². The van der Waals surface area contributed by atoms with Gasteiger partial charge in [-0.15, -0.1) is 0 Å². The lowest BCUT2D eigenvalue weighted by molar-refractivity contribution is 0.138. The molecule has 1 aromatic rings. The lowest BCUT2D eigenvalue weighted by Crippen LogP contribution is -2.28. The average molecular weight is 266 g/mol. The second-order valence-corrected chi connectivity index (χ2v) is 6.48. The molecule has 0 radical (unpaired) electrons. The first-order chi connectivity index (χ1) is 8.55. The maximum atomic E-state index is 6.38. The van der Waals surface area contributed by atoms with Crippen molar-refractivity contribution in [3.05, 3.63) is 28.3 Å². The molecule has 1 aromatic carbocycles. The van der Waals surface area contributed by atoms with Crippen LogP contribution in [0.3, 0.4) is 0 Å². The molecule has 3 rings (SSSR count). The summed E-state index contributed by atoms with van der Waals surface area (Å²) in [5, 5.41) is 4.24. The monoisotopic (exact) mass is 265 g/mol. The third kappa shape index (κ3) is 2.24. The molecule has 1 atom stereocenters. The van der Waals surface area contributed by atoms with E-state index in [0.717, 1.165) is 30.3 Å². The highest BCUT2D eigenvalue weighted by Gasteiger charge is 2.32. The average Bonchev–Trinajstić information content (AvgIpc) is 2.65. The molecule has 0 spiro atoms. The van der Waals surface area contributed by atoms with Gasteiger partial charge < -0.3 is 10.1 Å². The predicted molar refractivity (Wildman–Crippen MR) is 74.7 cm³/mol. The van der Waals surface area contributed by atoms with Crippen LogP contribution in [-0.2, 0) is 6.42 Å². The van der Waals surface area contributed by atoms with Crippen molar-refractivity contribution >= 4 is 11.6 Å². The van der Waals surface area contributed by atoms with Gasteiger partial charge >= 0.3 is 0 Å². The third-order valence-corrected chi connectivity index (χ3v) is 4.19. The summed E-state index contributed by atoms with van der Waals surface area (Å²) in [6.45, 7) is 6.45. The summed E-state index contributed by atoms with van der Waals surface area (Å²) in [6.07, 6.45) is 3.46. The fourth-order valence-electron chi connectivity index (χ4n) is 3.06. The molecule has 0 amide bonds. The van der Waals surface area contributed by atoms with Crippen LogP contribution in [0.1, 0.15) is 43.7 Å². The Balaban J connectivity index is 1.93. The molecule has 18 heavy (non-hydrogen) atoms. The number of hydrogen-bond acceptors (Lipinski definition) is 2. The summed E-state index contributed by atoms with van der Waals surface area (Å²) in [6, 6.07) is 4.40. The Morgan fingerprint density at radius 1 is 1.39 bits per heavy atom. The number of hydrogen-bond donors (Lipinski definition) is 1. The van der Waals surface area contributed by atoms with E-state index >= 15 is 0 Å². The van der Waals surface area contributed by atoms with Crippen molar-refractivity contribution in [1.82, 2.24) is 5.32 Å². The van der Waals surface area contributed by atoms with Crippen LogP contribution in [0.25, 0.3) is 0 Å². The van der Waals surface area contributed by atoms with Crippen molar-refractivity contribution < 1.29 is 4.74 Å². The molecule has 2 heterocycles. The molecule has 1 unspecified atom stereocenters. The zero-order valence-electron chi connectivity index (χ0n) is 11.1. The maximum absolute atomic E-state index is 6.38. The first-order valence-electron chi connectivity index (χ1n) is 6.77. The molecule has 2 aliphatic heterocycles. The summed E-state index contributed by atoms with van der Waals surface area (Å²) in [4.78, 5) is 0. The van der Waals surface area contributed by atoms with Crippen LogP contribution in [0.15, 0.2) is 12.1 Å². The fraction of sp³-hybridized carbons (Fsp3) is 0.600. The van der Waals surface area contributed by atoms with Gasteiger partial charge in [-0.25, -0.2) is 0 Å². The minimum atomic E-state index is -0.116. The topological polar surface area (TPSA) is 21.3 Å². The quantitative estimate of drug-likeness (QED) is 0.839. The summed E-state index contributed by atoms with van der Waals surface area (Å²) in [7, 11) is 0. The molecular formula is C15H20ClNO. The first kappa shape index (κ1) is 12.3. The van der Waals surface area contributed by atoms with Gasteiger partial charge in [-0.3, -0.25) is 0 Å². The SMILES string of the molecule is CC1(C)Cc2cc(C3CCCNC3)cc(Cl)c2O1. The van der Waals surface area contributed by atoms with E-state index < -0.39 is 0 Å². The van der Waals surface area contributed by atoms with Gasteiger partial charge in [0, 0.05) is 13.0 Å². The molecule has 2 nitrogen and oxygen atoms in total. The molecule has 98 valence electrons. The van der Waals surface area contributed by atoms with Gasteiger partial charge in [-0.1, -0.05) is 17.7 Å². The van der Waals surface area contributed by atoms with Gasteiger partial charge in [0.05, 0.1) is 5.02 Å². The molecule has 0 saturated carbocycles. The Hall–Kier alpha value is -0.730. The minimum absolute atomic E-state index is 0.116. The van der Waals surface area contributed by atoms with E-state index in [2.05, 4.69) is 31.3 Å². The Morgan fingerprint density at radius 3 is 2.94 bits per heavy atom. The number of nitrogens with one attached hydrogen (secondary N) is 1. The van der Waals surface area contributed by atoms with Crippen LogP contribution >= 0.6 is 11.6 Å². The van der Waals surface area contributed by atoms with E-state index in [0.29, 0.717) is 5.92 Å². The highest BCUT2D eigenvalue weighted by molar-refractivity contribution is 6.32. The summed E-state index contributed by atoms with van der Waals surface area (Å²) in [5.41, 5.74) is 2.52. The van der Waals surface area contributed by atoms with Gasteiger partial charge in [0.1, 0.15) is 11.4 Å².